The van der Waals surface area contributed by atoms with Crippen LogP contribution in [-0.4, -0.2) is 36.2 Å². The highest BCUT2D eigenvalue weighted by Crippen LogP contribution is 2.27. The Morgan fingerprint density at radius 2 is 2.32 bits per heavy atom. The Balaban J connectivity index is 2.28. The highest BCUT2D eigenvalue weighted by molar-refractivity contribution is 9.10. The number of anilines is 1. The molecule has 2 unspecified atom stereocenters. The van der Waals surface area contributed by atoms with Gasteiger partial charge in [0.25, 0.3) is 0 Å². The molecule has 1 saturated heterocycles. The van der Waals surface area contributed by atoms with Gasteiger partial charge in [-0.25, -0.2) is 0 Å². The van der Waals surface area contributed by atoms with Crippen molar-refractivity contribution in [1.29, 1.82) is 0 Å². The molecule has 1 fully saturated rings. The number of nitrogens with one attached hydrogen (secondary N) is 1. The zero-order chi connectivity index (χ0) is 14.0. The van der Waals surface area contributed by atoms with Crippen LogP contribution in [0.5, 0.6) is 0 Å². The van der Waals surface area contributed by atoms with E-state index in [1.807, 2.05) is 6.07 Å². The molecule has 2 N–H and O–H groups in total. The molecule has 19 heavy (non-hydrogen) atoms. The fourth-order valence-corrected chi connectivity index (χ4v) is 3.05. The summed E-state index contributed by atoms with van der Waals surface area (Å²) >= 11 is 3.46. The fraction of sp³-hybridized carbons (Fsp3) is 0.500. The number of aliphatic carboxylic acids is 1. The molecule has 0 aliphatic carbocycles. The van der Waals surface area contributed by atoms with Gasteiger partial charge in [0, 0.05) is 29.3 Å². The van der Waals surface area contributed by atoms with Crippen LogP contribution in [0.2, 0.25) is 0 Å². The Labute approximate surface area is 121 Å². The van der Waals surface area contributed by atoms with Crippen molar-refractivity contribution in [2.75, 3.05) is 18.0 Å². The maximum Gasteiger partial charge on any atom is 0.305 e. The standard InChI is InChI=1S/C14H19BrN2O2/c1-9-5-11(15)3-4-13(9)17-8-10(2)16-7-12(17)6-14(18)19/h3-5,10,12,16H,6-8H2,1-2H3,(H,18,19). The molecule has 104 valence electrons. The van der Waals surface area contributed by atoms with E-state index in [0.29, 0.717) is 12.6 Å². The largest absolute Gasteiger partial charge is 0.481 e. The lowest BCUT2D eigenvalue weighted by Crippen LogP contribution is -2.56. The van der Waals surface area contributed by atoms with E-state index in [1.165, 1.54) is 5.56 Å². The van der Waals surface area contributed by atoms with E-state index in [9.17, 15) is 4.79 Å². The van der Waals surface area contributed by atoms with Gasteiger partial charge in [0.15, 0.2) is 0 Å². The average Bonchev–Trinajstić information content (AvgIpc) is 2.31. The molecule has 0 saturated carbocycles. The summed E-state index contributed by atoms with van der Waals surface area (Å²) in [5.41, 5.74) is 2.29. The van der Waals surface area contributed by atoms with Gasteiger partial charge in [0.05, 0.1) is 12.5 Å². The number of nitrogens with zero attached hydrogens (tertiary/aromatic N) is 1. The third-order valence-electron chi connectivity index (χ3n) is 3.49. The summed E-state index contributed by atoms with van der Waals surface area (Å²) in [7, 11) is 0. The van der Waals surface area contributed by atoms with Gasteiger partial charge in [-0.3, -0.25) is 4.79 Å². The first-order chi connectivity index (χ1) is 8.97. The minimum absolute atomic E-state index is 0.00794. The third-order valence-corrected chi connectivity index (χ3v) is 3.99. The smallest absolute Gasteiger partial charge is 0.305 e. The monoisotopic (exact) mass is 326 g/mol. The first-order valence-electron chi connectivity index (χ1n) is 6.45. The first-order valence-corrected chi connectivity index (χ1v) is 7.24. The maximum atomic E-state index is 11.0. The molecule has 1 aliphatic rings. The zero-order valence-electron chi connectivity index (χ0n) is 11.2. The Kier molecular flexibility index (Phi) is 4.47. The Morgan fingerprint density at radius 1 is 1.58 bits per heavy atom. The first kappa shape index (κ1) is 14.3. The van der Waals surface area contributed by atoms with Crippen LogP contribution in [0.1, 0.15) is 18.9 Å². The zero-order valence-corrected chi connectivity index (χ0v) is 12.8. The molecule has 2 atom stereocenters. The topological polar surface area (TPSA) is 52.6 Å². The van der Waals surface area contributed by atoms with E-state index in [-0.39, 0.29) is 12.5 Å². The van der Waals surface area contributed by atoms with Gasteiger partial charge in [-0.15, -0.1) is 0 Å². The summed E-state index contributed by atoms with van der Waals surface area (Å²) < 4.78 is 1.05. The Bertz CT molecular complexity index is 479. The maximum absolute atomic E-state index is 11.0. The van der Waals surface area contributed by atoms with Crippen LogP contribution in [0.15, 0.2) is 22.7 Å². The molecule has 4 nitrogen and oxygen atoms in total. The van der Waals surface area contributed by atoms with E-state index < -0.39 is 5.97 Å². The number of aryl methyl sites for hydroxylation is 1. The third kappa shape index (κ3) is 3.48. The lowest BCUT2D eigenvalue weighted by molar-refractivity contribution is -0.137. The van der Waals surface area contributed by atoms with Crippen molar-refractivity contribution in [3.63, 3.8) is 0 Å². The lowest BCUT2D eigenvalue weighted by Gasteiger charge is -2.41. The van der Waals surface area contributed by atoms with Gasteiger partial charge in [0.2, 0.25) is 0 Å². The number of carbonyl (C=O) groups is 1. The van der Waals surface area contributed by atoms with Crippen molar-refractivity contribution in [2.24, 2.45) is 0 Å². The molecule has 0 spiro atoms. The van der Waals surface area contributed by atoms with Crippen LogP contribution in [0.25, 0.3) is 0 Å². The van der Waals surface area contributed by atoms with Crippen molar-refractivity contribution in [2.45, 2.75) is 32.4 Å². The van der Waals surface area contributed by atoms with Crippen LogP contribution in [-0.2, 0) is 4.79 Å². The SMILES string of the molecule is Cc1cc(Br)ccc1N1CC(C)NCC1CC(=O)O. The van der Waals surface area contributed by atoms with E-state index in [4.69, 9.17) is 5.11 Å². The molecule has 0 aromatic heterocycles. The van der Waals surface area contributed by atoms with E-state index in [1.54, 1.807) is 0 Å². The minimum atomic E-state index is -0.749. The van der Waals surface area contributed by atoms with Gasteiger partial charge >= 0.3 is 5.97 Å². The van der Waals surface area contributed by atoms with E-state index in [2.05, 4.69) is 52.1 Å². The average molecular weight is 327 g/mol. The number of hydrogen-bond donors (Lipinski definition) is 2. The van der Waals surface area contributed by atoms with Crippen LogP contribution < -0.4 is 10.2 Å². The van der Waals surface area contributed by atoms with Crippen molar-refractivity contribution in [3.05, 3.63) is 28.2 Å². The van der Waals surface area contributed by atoms with E-state index >= 15 is 0 Å². The van der Waals surface area contributed by atoms with Gasteiger partial charge in [-0.2, -0.15) is 0 Å². The van der Waals surface area contributed by atoms with Crippen molar-refractivity contribution < 1.29 is 9.90 Å². The molecule has 0 radical (unpaired) electrons. The summed E-state index contributed by atoms with van der Waals surface area (Å²) in [6.45, 7) is 5.73. The minimum Gasteiger partial charge on any atom is -0.481 e. The number of carboxylic acid groups (broad SMARTS) is 1. The summed E-state index contributed by atoms with van der Waals surface area (Å²) in [5, 5.41) is 12.4. The second kappa shape index (κ2) is 5.92. The van der Waals surface area contributed by atoms with Crippen LogP contribution in [0.3, 0.4) is 0 Å². The number of halogens is 1. The highest BCUT2D eigenvalue weighted by Gasteiger charge is 2.28. The molecule has 0 amide bonds. The summed E-state index contributed by atoms with van der Waals surface area (Å²) in [4.78, 5) is 13.2. The van der Waals surface area contributed by atoms with Gasteiger partial charge in [-0.05, 0) is 37.6 Å². The quantitative estimate of drug-likeness (QED) is 0.895. The molecular formula is C14H19BrN2O2. The molecular weight excluding hydrogens is 308 g/mol. The number of carboxylic acids is 1. The number of rotatable bonds is 3. The van der Waals surface area contributed by atoms with Gasteiger partial charge in [-0.1, -0.05) is 15.9 Å². The molecule has 1 heterocycles. The van der Waals surface area contributed by atoms with Crippen LogP contribution >= 0.6 is 15.9 Å². The molecule has 1 aromatic rings. The molecule has 5 heteroatoms. The molecule has 0 bridgehead atoms. The number of hydrogen-bond acceptors (Lipinski definition) is 3. The van der Waals surface area contributed by atoms with Crippen LogP contribution in [0.4, 0.5) is 5.69 Å². The lowest BCUT2D eigenvalue weighted by atomic mass is 10.0. The van der Waals surface area contributed by atoms with Gasteiger partial charge in [0.1, 0.15) is 0 Å². The second-order valence-corrected chi connectivity index (χ2v) is 6.06. The van der Waals surface area contributed by atoms with Gasteiger partial charge < -0.3 is 15.3 Å². The number of piperazine rings is 1. The van der Waals surface area contributed by atoms with Crippen LogP contribution in [0, 0.1) is 6.92 Å². The Hall–Kier alpha value is -1.07. The van der Waals surface area contributed by atoms with Crippen molar-refractivity contribution >= 4 is 27.6 Å². The fourth-order valence-electron chi connectivity index (χ4n) is 2.58. The molecule has 1 aromatic carbocycles. The van der Waals surface area contributed by atoms with Crippen molar-refractivity contribution in [1.82, 2.24) is 5.32 Å². The summed E-state index contributed by atoms with van der Waals surface area (Å²) in [6, 6.07) is 6.51. The normalized spacial score (nSPS) is 23.4. The highest BCUT2D eigenvalue weighted by atomic mass is 79.9. The Morgan fingerprint density at radius 3 is 2.95 bits per heavy atom. The second-order valence-electron chi connectivity index (χ2n) is 5.14. The summed E-state index contributed by atoms with van der Waals surface area (Å²) in [6.07, 6.45) is 0.162. The number of benzene rings is 1. The molecule has 2 rings (SSSR count). The van der Waals surface area contributed by atoms with E-state index in [0.717, 1.165) is 16.7 Å². The van der Waals surface area contributed by atoms with Crippen molar-refractivity contribution in [3.8, 4) is 0 Å². The summed E-state index contributed by atoms with van der Waals surface area (Å²) in [5.74, 6) is -0.749. The predicted molar refractivity (Wildman–Crippen MR) is 79.7 cm³/mol. The predicted octanol–water partition coefficient (Wildman–Crippen LogP) is 2.40. The molecule has 1 aliphatic heterocycles.